The van der Waals surface area contributed by atoms with E-state index in [1.807, 2.05) is 24.3 Å². The van der Waals surface area contributed by atoms with Crippen molar-refractivity contribution in [2.75, 3.05) is 6.26 Å². The van der Waals surface area contributed by atoms with Crippen LogP contribution in [0.4, 0.5) is 0 Å². The minimum absolute atomic E-state index is 0.737. The summed E-state index contributed by atoms with van der Waals surface area (Å²) in [6.07, 6.45) is 3.36. The first-order chi connectivity index (χ1) is 6.75. The number of fused-ring (bicyclic) bond motifs is 1. The Bertz CT molecular complexity index is 469. The highest BCUT2D eigenvalue weighted by Crippen LogP contribution is 2.10. The third-order valence-corrected chi connectivity index (χ3v) is 2.34. The molecule has 2 rings (SSSR count). The van der Waals surface area contributed by atoms with Crippen LogP contribution in [0.5, 0.6) is 0 Å². The van der Waals surface area contributed by atoms with Crippen molar-refractivity contribution in [2.45, 2.75) is 0 Å². The third-order valence-electron chi connectivity index (χ3n) is 1.83. The monoisotopic (exact) mass is 206 g/mol. The van der Waals surface area contributed by atoms with E-state index in [4.69, 9.17) is 0 Å². The molecule has 0 fully saturated rings. The van der Waals surface area contributed by atoms with Crippen LogP contribution in [0.2, 0.25) is 0 Å². The molecule has 0 saturated heterocycles. The Morgan fingerprint density at radius 1 is 1.43 bits per heavy atom. The number of H-pyrrole nitrogens is 1. The molecule has 14 heavy (non-hydrogen) atoms. The molecule has 0 aliphatic carbocycles. The molecule has 0 aliphatic rings. The molecular weight excluding hydrogens is 196 g/mol. The maximum atomic E-state index is 10.8. The Kier molecular flexibility index (Phi) is 2.45. The van der Waals surface area contributed by atoms with E-state index in [9.17, 15) is 4.21 Å². The molecule has 3 nitrogen and oxygen atoms in total. The van der Waals surface area contributed by atoms with Crippen LogP contribution in [0.25, 0.3) is 17.1 Å². The predicted octanol–water partition coefficient (Wildman–Crippen LogP) is 1.91. The number of imidazole rings is 1. The Hall–Kier alpha value is -1.42. The maximum absolute atomic E-state index is 10.8. The fourth-order valence-corrected chi connectivity index (χ4v) is 1.53. The number of hydrogen-bond donors (Lipinski definition) is 1. The number of hydrogen-bond acceptors (Lipinski definition) is 2. The van der Waals surface area contributed by atoms with Crippen LogP contribution in [-0.4, -0.2) is 20.4 Å². The molecule has 0 radical (unpaired) electrons. The number of nitrogens with one attached hydrogen (secondary N) is 1. The van der Waals surface area contributed by atoms with E-state index in [0.29, 0.717) is 0 Å². The predicted molar refractivity (Wildman–Crippen MR) is 59.2 cm³/mol. The van der Waals surface area contributed by atoms with Crippen LogP contribution < -0.4 is 0 Å². The Morgan fingerprint density at radius 3 is 2.93 bits per heavy atom. The molecular formula is C10H10N2OS. The number of benzene rings is 1. The fraction of sp³-hybridized carbons (Fsp3) is 0.100. The number of aromatic amines is 1. The van der Waals surface area contributed by atoms with Crippen molar-refractivity contribution in [3.63, 3.8) is 0 Å². The lowest BCUT2D eigenvalue weighted by molar-refractivity contribution is 0.692. The molecule has 1 N–H and O–H groups in total. The molecule has 0 spiro atoms. The zero-order valence-corrected chi connectivity index (χ0v) is 8.54. The van der Waals surface area contributed by atoms with Crippen molar-refractivity contribution >= 4 is 27.9 Å². The SMILES string of the molecule is CS(=O)C=Cc1nc2ccccc2[nH]1. The maximum Gasteiger partial charge on any atom is 0.131 e. The zero-order valence-electron chi connectivity index (χ0n) is 7.73. The van der Waals surface area contributed by atoms with Gasteiger partial charge in [-0.05, 0) is 18.2 Å². The smallest absolute Gasteiger partial charge is 0.131 e. The summed E-state index contributed by atoms with van der Waals surface area (Å²) in [7, 11) is -0.928. The van der Waals surface area contributed by atoms with Crippen molar-refractivity contribution in [1.29, 1.82) is 0 Å². The summed E-state index contributed by atoms with van der Waals surface area (Å²) in [6, 6.07) is 7.79. The summed E-state index contributed by atoms with van der Waals surface area (Å²) in [5, 5.41) is 1.61. The van der Waals surface area contributed by atoms with Gasteiger partial charge in [0.05, 0.1) is 11.0 Å². The summed E-state index contributed by atoms with van der Waals surface area (Å²) < 4.78 is 10.8. The van der Waals surface area contributed by atoms with Gasteiger partial charge < -0.3 is 4.98 Å². The van der Waals surface area contributed by atoms with Gasteiger partial charge in [-0.1, -0.05) is 12.1 Å². The number of aromatic nitrogens is 2. The summed E-state index contributed by atoms with van der Waals surface area (Å²) >= 11 is 0. The lowest BCUT2D eigenvalue weighted by atomic mass is 10.3. The third kappa shape index (κ3) is 1.90. The molecule has 4 heteroatoms. The quantitative estimate of drug-likeness (QED) is 0.815. The molecule has 0 bridgehead atoms. The molecule has 1 heterocycles. The van der Waals surface area contributed by atoms with Gasteiger partial charge in [0.15, 0.2) is 0 Å². The van der Waals surface area contributed by atoms with Gasteiger partial charge in [-0.3, -0.25) is 4.21 Å². The molecule has 0 amide bonds. The number of para-hydroxylation sites is 2. The Balaban J connectivity index is 2.40. The number of rotatable bonds is 2. The molecule has 0 aliphatic heterocycles. The molecule has 1 atom stereocenters. The second-order valence-electron chi connectivity index (χ2n) is 2.94. The van der Waals surface area contributed by atoms with E-state index < -0.39 is 10.8 Å². The van der Waals surface area contributed by atoms with Crippen LogP contribution in [0.3, 0.4) is 0 Å². The van der Waals surface area contributed by atoms with Crippen molar-refractivity contribution in [2.24, 2.45) is 0 Å². The normalized spacial score (nSPS) is 13.8. The Morgan fingerprint density at radius 2 is 2.21 bits per heavy atom. The highest BCUT2D eigenvalue weighted by Gasteiger charge is 1.97. The topological polar surface area (TPSA) is 45.8 Å². The minimum Gasteiger partial charge on any atom is -0.338 e. The van der Waals surface area contributed by atoms with Crippen LogP contribution >= 0.6 is 0 Å². The molecule has 1 unspecified atom stereocenters. The van der Waals surface area contributed by atoms with E-state index in [0.717, 1.165) is 16.9 Å². The van der Waals surface area contributed by atoms with Gasteiger partial charge in [-0.2, -0.15) is 0 Å². The van der Waals surface area contributed by atoms with E-state index in [-0.39, 0.29) is 0 Å². The first kappa shape index (κ1) is 9.15. The van der Waals surface area contributed by atoms with Gasteiger partial charge in [0.25, 0.3) is 0 Å². The van der Waals surface area contributed by atoms with Gasteiger partial charge >= 0.3 is 0 Å². The highest BCUT2D eigenvalue weighted by atomic mass is 32.2. The molecule has 1 aromatic carbocycles. The molecule has 72 valence electrons. The highest BCUT2D eigenvalue weighted by molar-refractivity contribution is 7.87. The Labute approximate surface area is 84.3 Å². The fourth-order valence-electron chi connectivity index (χ4n) is 1.21. The first-order valence-electron chi connectivity index (χ1n) is 4.21. The van der Waals surface area contributed by atoms with Gasteiger partial charge in [0.1, 0.15) is 5.82 Å². The van der Waals surface area contributed by atoms with E-state index in [1.165, 1.54) is 0 Å². The van der Waals surface area contributed by atoms with Gasteiger partial charge in [0.2, 0.25) is 0 Å². The van der Waals surface area contributed by atoms with Crippen LogP contribution in [0.15, 0.2) is 29.7 Å². The first-order valence-corrected chi connectivity index (χ1v) is 5.83. The van der Waals surface area contributed by atoms with Crippen molar-refractivity contribution in [1.82, 2.24) is 9.97 Å². The van der Waals surface area contributed by atoms with E-state index >= 15 is 0 Å². The standard InChI is InChI=1S/C10H10N2OS/c1-14(13)7-6-10-11-8-4-2-3-5-9(8)12-10/h2-7H,1H3,(H,11,12). The largest absolute Gasteiger partial charge is 0.338 e. The second-order valence-corrected chi connectivity index (χ2v) is 4.21. The summed E-state index contributed by atoms with van der Waals surface area (Å²) in [4.78, 5) is 7.43. The van der Waals surface area contributed by atoms with Crippen LogP contribution in [0, 0.1) is 0 Å². The van der Waals surface area contributed by atoms with Gasteiger partial charge in [0, 0.05) is 22.5 Å². The zero-order chi connectivity index (χ0) is 9.97. The molecule has 2 aromatic rings. The second kappa shape index (κ2) is 3.75. The van der Waals surface area contributed by atoms with Gasteiger partial charge in [-0.15, -0.1) is 0 Å². The van der Waals surface area contributed by atoms with Gasteiger partial charge in [-0.25, -0.2) is 4.98 Å². The summed E-state index contributed by atoms with van der Waals surface area (Å²) in [6.45, 7) is 0. The van der Waals surface area contributed by atoms with Crippen molar-refractivity contribution in [3.8, 4) is 0 Å². The van der Waals surface area contributed by atoms with Crippen molar-refractivity contribution < 1.29 is 4.21 Å². The average molecular weight is 206 g/mol. The summed E-state index contributed by atoms with van der Waals surface area (Å²) in [5.74, 6) is 0.737. The molecule has 1 aromatic heterocycles. The summed E-state index contributed by atoms with van der Waals surface area (Å²) in [5.41, 5.74) is 1.92. The van der Waals surface area contributed by atoms with Crippen molar-refractivity contribution in [3.05, 3.63) is 35.5 Å². The molecule has 0 saturated carbocycles. The lowest BCUT2D eigenvalue weighted by Gasteiger charge is -1.82. The minimum atomic E-state index is -0.928. The van der Waals surface area contributed by atoms with E-state index in [1.54, 1.807) is 17.7 Å². The lowest BCUT2D eigenvalue weighted by Crippen LogP contribution is -1.77. The van der Waals surface area contributed by atoms with Crippen LogP contribution in [-0.2, 0) is 10.8 Å². The average Bonchev–Trinajstić information content (AvgIpc) is 2.57. The van der Waals surface area contributed by atoms with E-state index in [2.05, 4.69) is 9.97 Å². The van der Waals surface area contributed by atoms with Crippen LogP contribution in [0.1, 0.15) is 5.82 Å². The number of nitrogens with zero attached hydrogens (tertiary/aromatic N) is 1.